The topological polar surface area (TPSA) is 108 Å². The number of benzene rings is 1. The van der Waals surface area contributed by atoms with Gasteiger partial charge in [0.2, 0.25) is 0 Å². The zero-order chi connectivity index (χ0) is 32.3. The lowest BCUT2D eigenvalue weighted by atomic mass is 9.93. The van der Waals surface area contributed by atoms with Gasteiger partial charge in [0, 0.05) is 53.8 Å². The second-order valence-electron chi connectivity index (χ2n) is 11.3. The van der Waals surface area contributed by atoms with E-state index >= 15 is 8.78 Å². The highest BCUT2D eigenvalue weighted by atomic mass is 32.2. The van der Waals surface area contributed by atoms with Crippen LogP contribution < -0.4 is 10.2 Å². The normalized spacial score (nSPS) is 15.3. The quantitative estimate of drug-likeness (QED) is 0.0972. The average Bonchev–Trinajstić information content (AvgIpc) is 3.60. The third kappa shape index (κ3) is 7.98. The lowest BCUT2D eigenvalue weighted by molar-refractivity contribution is 0.579. The third-order valence-corrected chi connectivity index (χ3v) is 9.31. The number of hydrogen-bond donors (Lipinski definition) is 2. The number of imidazole rings is 1. The Morgan fingerprint density at radius 2 is 1.86 bits per heavy atom. The first-order valence-electron chi connectivity index (χ1n) is 14.5. The van der Waals surface area contributed by atoms with Crippen LogP contribution in [0.3, 0.4) is 0 Å². The summed E-state index contributed by atoms with van der Waals surface area (Å²) in [5.74, 6) is 0.975. The third-order valence-electron chi connectivity index (χ3n) is 7.68. The summed E-state index contributed by atoms with van der Waals surface area (Å²) in [5.41, 5.74) is 4.34. The number of aromatic nitrogens is 4. The van der Waals surface area contributed by atoms with Crippen LogP contribution in [0.1, 0.15) is 57.2 Å². The molecule has 4 rings (SSSR count). The maximum Gasteiger partial charge on any atom is 0.153 e. The molecule has 1 aliphatic rings. The van der Waals surface area contributed by atoms with Crippen LogP contribution in [0.5, 0.6) is 0 Å². The second-order valence-corrected chi connectivity index (χ2v) is 14.4. The van der Waals surface area contributed by atoms with Crippen molar-refractivity contribution in [1.82, 2.24) is 19.7 Å². The van der Waals surface area contributed by atoms with Crippen LogP contribution in [-0.2, 0) is 16.4 Å². The Bertz CT molecular complexity index is 1710. The molecule has 0 bridgehead atoms. The van der Waals surface area contributed by atoms with Gasteiger partial charge in [-0.15, -0.1) is 11.8 Å². The van der Waals surface area contributed by atoms with Crippen molar-refractivity contribution in [2.45, 2.75) is 65.3 Å². The molecule has 1 saturated carbocycles. The van der Waals surface area contributed by atoms with E-state index in [1.54, 1.807) is 20.2 Å². The molecule has 0 amide bonds. The van der Waals surface area contributed by atoms with E-state index in [0.29, 0.717) is 34.7 Å². The highest BCUT2D eigenvalue weighted by Crippen LogP contribution is 2.46. The van der Waals surface area contributed by atoms with Crippen LogP contribution in [0.2, 0.25) is 0 Å². The molecule has 13 heteroatoms. The van der Waals surface area contributed by atoms with Gasteiger partial charge in [-0.25, -0.2) is 27.2 Å². The van der Waals surface area contributed by atoms with E-state index in [4.69, 9.17) is 9.98 Å². The van der Waals surface area contributed by atoms with E-state index in [1.165, 1.54) is 35.1 Å². The van der Waals surface area contributed by atoms with Gasteiger partial charge in [0.1, 0.15) is 33.0 Å². The summed E-state index contributed by atoms with van der Waals surface area (Å²) in [7, 11) is -1.57. The lowest BCUT2D eigenvalue weighted by Crippen LogP contribution is -2.26. The molecular formula is C31H41F2N7O2S2. The van der Waals surface area contributed by atoms with E-state index in [2.05, 4.69) is 29.4 Å². The first-order valence-corrected chi connectivity index (χ1v) is 17.8. The molecule has 0 saturated heterocycles. The number of H-pyrrole nitrogens is 1. The number of sulfone groups is 1. The Labute approximate surface area is 262 Å². The molecule has 2 heterocycles. The Morgan fingerprint density at radius 1 is 1.20 bits per heavy atom. The smallest absolute Gasteiger partial charge is 0.153 e. The Balaban J connectivity index is 1.90. The summed E-state index contributed by atoms with van der Waals surface area (Å²) in [4.78, 5) is 11.8. The van der Waals surface area contributed by atoms with Gasteiger partial charge >= 0.3 is 0 Å². The Hall–Kier alpha value is -3.45. The molecule has 0 atom stereocenters. The molecule has 1 fully saturated rings. The minimum atomic E-state index is -3.16. The average molecular weight is 646 g/mol. The zero-order valence-corrected chi connectivity index (χ0v) is 28.2. The molecule has 2 N–H and O–H groups in total. The Morgan fingerprint density at radius 3 is 2.39 bits per heavy atom. The predicted octanol–water partition coefficient (Wildman–Crippen LogP) is 6.74. The molecule has 0 aliphatic heterocycles. The number of halogens is 2. The van der Waals surface area contributed by atoms with Gasteiger partial charge in [0.15, 0.2) is 17.5 Å². The summed E-state index contributed by atoms with van der Waals surface area (Å²) >= 11 is 1.27. The number of anilines is 2. The van der Waals surface area contributed by atoms with Gasteiger partial charge in [-0.3, -0.25) is 5.10 Å². The van der Waals surface area contributed by atoms with Gasteiger partial charge in [0.25, 0.3) is 0 Å². The minimum absolute atomic E-state index is 0.00689. The summed E-state index contributed by atoms with van der Waals surface area (Å²) in [6.07, 6.45) is 7.52. The highest BCUT2D eigenvalue weighted by Gasteiger charge is 2.34. The van der Waals surface area contributed by atoms with Crippen molar-refractivity contribution in [3.63, 3.8) is 0 Å². The van der Waals surface area contributed by atoms with Gasteiger partial charge in [-0.1, -0.05) is 12.5 Å². The number of nitrogens with zero attached hydrogens (tertiary/aromatic N) is 5. The maximum absolute atomic E-state index is 15.1. The van der Waals surface area contributed by atoms with Crippen molar-refractivity contribution in [2.24, 2.45) is 10.9 Å². The zero-order valence-electron chi connectivity index (χ0n) is 26.5. The number of hydrogen-bond acceptors (Lipinski definition) is 7. The maximum atomic E-state index is 15.1. The summed E-state index contributed by atoms with van der Waals surface area (Å²) < 4.78 is 55.9. The standard InChI is InChI=1S/C31H41F2N7O2S2/c1-9-18(2)28(26-17-40(21(5)34-26)12-13-44(8,41)42)29(22-10-11-22)31(36-27-14-19(3)37-38-27)35-20(4)39(6)30-24(32)15-23(43-7)16-25(30)33/h14-17,22H,9-13H2,1-8H3,(H2,36,37,38)/b28-18+,31-29+,35-20+. The van der Waals surface area contributed by atoms with Gasteiger partial charge < -0.3 is 14.8 Å². The molecular weight excluding hydrogens is 605 g/mol. The van der Waals surface area contributed by atoms with E-state index in [9.17, 15) is 8.42 Å². The number of aryl methyl sites for hydroxylation is 3. The fourth-order valence-electron chi connectivity index (χ4n) is 4.91. The molecule has 1 aromatic carbocycles. The summed E-state index contributed by atoms with van der Waals surface area (Å²) in [6, 6.07) is 4.50. The molecule has 0 unspecified atom stereocenters. The van der Waals surface area contributed by atoms with Crippen LogP contribution >= 0.6 is 11.8 Å². The van der Waals surface area contributed by atoms with Crippen LogP contribution in [-0.4, -0.2) is 59.3 Å². The van der Waals surface area contributed by atoms with Crippen molar-refractivity contribution in [2.75, 3.05) is 35.5 Å². The molecule has 3 aromatic rings. The number of allylic oxidation sites excluding steroid dienone is 3. The molecule has 2 aromatic heterocycles. The number of nitrogens with one attached hydrogen (secondary N) is 2. The van der Waals surface area contributed by atoms with E-state index in [0.717, 1.165) is 47.4 Å². The van der Waals surface area contributed by atoms with Crippen molar-refractivity contribution >= 4 is 44.5 Å². The minimum Gasteiger partial charge on any atom is -0.333 e. The van der Waals surface area contributed by atoms with Gasteiger partial charge in [-0.05, 0) is 71.3 Å². The Kier molecular flexibility index (Phi) is 10.4. The monoisotopic (exact) mass is 645 g/mol. The fraction of sp³-hybridized carbons (Fsp3) is 0.452. The van der Waals surface area contributed by atoms with E-state index in [1.807, 2.05) is 30.7 Å². The van der Waals surface area contributed by atoms with Crippen LogP contribution in [0.4, 0.5) is 20.3 Å². The van der Waals surface area contributed by atoms with Crippen LogP contribution in [0.15, 0.2) is 51.3 Å². The van der Waals surface area contributed by atoms with Gasteiger partial charge in [-0.2, -0.15) is 5.10 Å². The van der Waals surface area contributed by atoms with Crippen LogP contribution in [0.25, 0.3) is 5.57 Å². The molecule has 44 heavy (non-hydrogen) atoms. The molecule has 0 spiro atoms. The largest absolute Gasteiger partial charge is 0.333 e. The summed E-state index contributed by atoms with van der Waals surface area (Å²) in [6.45, 7) is 9.89. The number of amidine groups is 1. The first-order chi connectivity index (χ1) is 20.7. The highest BCUT2D eigenvalue weighted by molar-refractivity contribution is 7.98. The predicted molar refractivity (Wildman–Crippen MR) is 176 cm³/mol. The number of rotatable bonds is 12. The number of thioether (sulfide) groups is 1. The van der Waals surface area contributed by atoms with Crippen molar-refractivity contribution in [1.29, 1.82) is 0 Å². The van der Waals surface area contributed by atoms with Crippen molar-refractivity contribution in [3.8, 4) is 0 Å². The molecule has 238 valence electrons. The lowest BCUT2D eigenvalue weighted by Gasteiger charge is -2.23. The van der Waals surface area contributed by atoms with Crippen molar-refractivity contribution in [3.05, 3.63) is 70.2 Å². The first kappa shape index (κ1) is 33.4. The number of aromatic amines is 1. The fourth-order valence-corrected chi connectivity index (χ4v) is 5.88. The molecule has 9 nitrogen and oxygen atoms in total. The van der Waals surface area contributed by atoms with Crippen molar-refractivity contribution < 1.29 is 17.2 Å². The van der Waals surface area contributed by atoms with E-state index in [-0.39, 0.29) is 17.4 Å². The van der Waals surface area contributed by atoms with E-state index < -0.39 is 21.5 Å². The van der Waals surface area contributed by atoms with Gasteiger partial charge in [0.05, 0.1) is 11.4 Å². The summed E-state index contributed by atoms with van der Waals surface area (Å²) in [5, 5.41) is 10.7. The molecule has 0 radical (unpaired) electrons. The number of aliphatic imine (C=N–C) groups is 1. The second kappa shape index (κ2) is 13.7. The SMILES string of the molecule is CC/C(C)=C(/C(=C(\N=C(/C)N(C)c1c(F)cc(SC)cc1F)Nc1cc(C)[nH]n1)C1CC1)c1cn(CCS(C)(=O)=O)c(C)n1. The van der Waals surface area contributed by atoms with Crippen LogP contribution in [0, 0.1) is 31.4 Å². The molecule has 1 aliphatic carbocycles.